The van der Waals surface area contributed by atoms with Gasteiger partial charge in [0.1, 0.15) is 11.2 Å². The molecule has 2 N–H and O–H groups in total. The van der Waals surface area contributed by atoms with Crippen LogP contribution in [-0.2, 0) is 9.59 Å². The maximum absolute atomic E-state index is 12.4. The van der Waals surface area contributed by atoms with Crippen LogP contribution in [0.5, 0.6) is 5.75 Å². The number of carbonyl (C=O) groups excluding carboxylic acids is 2. The maximum atomic E-state index is 12.4. The van der Waals surface area contributed by atoms with Crippen LogP contribution in [0, 0.1) is 11.3 Å². The number of nitrogens with two attached hydrogens (primary N) is 1. The fraction of sp³-hybridized carbons (Fsp3) is 0.529. The lowest BCUT2D eigenvalue weighted by molar-refractivity contribution is -0.144. The second-order valence-corrected chi connectivity index (χ2v) is 7.47. The molecule has 5 nitrogen and oxygen atoms in total. The van der Waals surface area contributed by atoms with Crippen LogP contribution in [0.15, 0.2) is 18.2 Å². The number of primary amides is 1. The normalized spacial score (nSPS) is 19.8. The van der Waals surface area contributed by atoms with Crippen molar-refractivity contribution in [3.05, 3.63) is 28.2 Å². The van der Waals surface area contributed by atoms with Crippen LogP contribution in [0.4, 0.5) is 0 Å². The van der Waals surface area contributed by atoms with Crippen LogP contribution < -0.4 is 10.5 Å². The van der Waals surface area contributed by atoms with Gasteiger partial charge in [-0.2, -0.15) is 0 Å². The molecule has 1 aliphatic heterocycles. The molecular formula is C17H20Cl2N2O3. The molecule has 0 spiro atoms. The van der Waals surface area contributed by atoms with Gasteiger partial charge in [0.15, 0.2) is 0 Å². The molecule has 2 aliphatic rings. The number of benzene rings is 1. The van der Waals surface area contributed by atoms with Gasteiger partial charge < -0.3 is 15.4 Å². The summed E-state index contributed by atoms with van der Waals surface area (Å²) in [7, 11) is 0. The van der Waals surface area contributed by atoms with Crippen LogP contribution >= 0.6 is 23.2 Å². The smallest absolute Gasteiger partial charge is 0.238 e. The van der Waals surface area contributed by atoms with E-state index < -0.39 is 11.3 Å². The number of piperidine rings is 1. The Morgan fingerprint density at radius 1 is 1.17 bits per heavy atom. The molecule has 1 aromatic carbocycles. The monoisotopic (exact) mass is 370 g/mol. The molecular weight excluding hydrogens is 351 g/mol. The van der Waals surface area contributed by atoms with Crippen LogP contribution in [0.2, 0.25) is 10.0 Å². The second-order valence-electron chi connectivity index (χ2n) is 6.60. The third kappa shape index (κ3) is 3.62. The fourth-order valence-corrected chi connectivity index (χ4v) is 3.63. The predicted molar refractivity (Wildman–Crippen MR) is 92.1 cm³/mol. The number of rotatable bonds is 5. The highest BCUT2D eigenvalue weighted by molar-refractivity contribution is 6.34. The molecule has 1 aliphatic carbocycles. The number of amides is 2. The summed E-state index contributed by atoms with van der Waals surface area (Å²) in [5.74, 6) is 0.416. The van der Waals surface area contributed by atoms with E-state index in [1.807, 2.05) is 0 Å². The molecule has 2 fully saturated rings. The minimum absolute atomic E-state index is 0.101. The first-order valence-corrected chi connectivity index (χ1v) is 8.84. The number of likely N-dealkylation sites (tertiary alicyclic amines) is 1. The van der Waals surface area contributed by atoms with Gasteiger partial charge in [-0.1, -0.05) is 23.2 Å². The summed E-state index contributed by atoms with van der Waals surface area (Å²) in [5, 5.41) is 1.08. The Morgan fingerprint density at radius 2 is 1.75 bits per heavy atom. The Hall–Kier alpha value is -1.46. The third-order valence-electron chi connectivity index (χ3n) is 4.85. The molecule has 1 aromatic rings. The number of hydrogen-bond donors (Lipinski definition) is 1. The van der Waals surface area contributed by atoms with Crippen LogP contribution in [0.3, 0.4) is 0 Å². The number of nitrogens with zero attached hydrogens (tertiary/aromatic N) is 1. The molecule has 2 amide bonds. The Kier molecular flexibility index (Phi) is 4.92. The lowest BCUT2D eigenvalue weighted by atomic mass is 9.95. The number of carbonyl (C=O) groups is 2. The Labute approximate surface area is 151 Å². The van der Waals surface area contributed by atoms with Crippen LogP contribution in [0.25, 0.3) is 0 Å². The highest BCUT2D eigenvalue weighted by Crippen LogP contribution is 2.47. The molecule has 0 aromatic heterocycles. The average molecular weight is 371 g/mol. The van der Waals surface area contributed by atoms with E-state index in [1.54, 1.807) is 23.1 Å². The van der Waals surface area contributed by atoms with E-state index in [2.05, 4.69) is 0 Å². The van der Waals surface area contributed by atoms with E-state index in [9.17, 15) is 9.59 Å². The second kappa shape index (κ2) is 6.81. The molecule has 130 valence electrons. The van der Waals surface area contributed by atoms with Gasteiger partial charge in [-0.3, -0.25) is 9.59 Å². The van der Waals surface area contributed by atoms with Gasteiger partial charge in [-0.25, -0.2) is 0 Å². The lowest BCUT2D eigenvalue weighted by Crippen LogP contribution is -2.47. The molecule has 3 rings (SSSR count). The standard InChI is InChI=1S/C17H20Cl2N2O3/c18-12-7-13(19)9-14(8-12)24-10-11-1-5-21(6-2-11)16(23)17(3-4-17)15(20)22/h7-9,11H,1-6,10H2,(H2,20,22). The van der Waals surface area contributed by atoms with Crippen molar-refractivity contribution in [3.63, 3.8) is 0 Å². The molecule has 0 radical (unpaired) electrons. The van der Waals surface area contributed by atoms with Gasteiger partial charge in [0, 0.05) is 23.1 Å². The molecule has 0 bridgehead atoms. The minimum atomic E-state index is -0.916. The van der Waals surface area contributed by atoms with Crippen LogP contribution in [-0.4, -0.2) is 36.4 Å². The summed E-state index contributed by atoms with van der Waals surface area (Å²) in [5.41, 5.74) is 4.46. The number of hydrogen-bond acceptors (Lipinski definition) is 3. The summed E-state index contributed by atoms with van der Waals surface area (Å²) in [6.45, 7) is 1.83. The first-order valence-electron chi connectivity index (χ1n) is 8.09. The topological polar surface area (TPSA) is 72.6 Å². The van der Waals surface area contributed by atoms with Crippen molar-refractivity contribution in [2.75, 3.05) is 19.7 Å². The van der Waals surface area contributed by atoms with Gasteiger partial charge in [0.2, 0.25) is 11.8 Å². The molecule has 1 saturated carbocycles. The summed E-state index contributed by atoms with van der Waals surface area (Å²) in [4.78, 5) is 25.7. The van der Waals surface area contributed by atoms with Crippen molar-refractivity contribution in [2.24, 2.45) is 17.1 Å². The molecule has 0 unspecified atom stereocenters. The van der Waals surface area contributed by atoms with E-state index in [-0.39, 0.29) is 5.91 Å². The summed E-state index contributed by atoms with van der Waals surface area (Å²) in [6, 6.07) is 5.12. The van der Waals surface area contributed by atoms with Gasteiger partial charge >= 0.3 is 0 Å². The zero-order valence-corrected chi connectivity index (χ0v) is 14.8. The van der Waals surface area contributed by atoms with Crippen molar-refractivity contribution >= 4 is 35.0 Å². The van der Waals surface area contributed by atoms with Crippen molar-refractivity contribution in [1.29, 1.82) is 0 Å². The maximum Gasteiger partial charge on any atom is 0.238 e. The summed E-state index contributed by atoms with van der Waals surface area (Å²) < 4.78 is 5.77. The van der Waals surface area contributed by atoms with Gasteiger partial charge in [0.25, 0.3) is 0 Å². The summed E-state index contributed by atoms with van der Waals surface area (Å²) in [6.07, 6.45) is 2.85. The van der Waals surface area contributed by atoms with E-state index >= 15 is 0 Å². The lowest BCUT2D eigenvalue weighted by Gasteiger charge is -2.33. The first kappa shape index (κ1) is 17.4. The van der Waals surface area contributed by atoms with Gasteiger partial charge in [0.05, 0.1) is 6.61 Å². The molecule has 1 saturated heterocycles. The van der Waals surface area contributed by atoms with Crippen molar-refractivity contribution in [2.45, 2.75) is 25.7 Å². The van der Waals surface area contributed by atoms with Crippen LogP contribution in [0.1, 0.15) is 25.7 Å². The third-order valence-corrected chi connectivity index (χ3v) is 5.29. The zero-order valence-electron chi connectivity index (χ0n) is 13.3. The van der Waals surface area contributed by atoms with E-state index in [1.165, 1.54) is 0 Å². The zero-order chi connectivity index (χ0) is 17.3. The first-order chi connectivity index (χ1) is 11.4. The van der Waals surface area contributed by atoms with Crippen molar-refractivity contribution in [1.82, 2.24) is 4.90 Å². The Bertz CT molecular complexity index is 633. The van der Waals surface area contributed by atoms with Crippen molar-refractivity contribution in [3.8, 4) is 5.75 Å². The molecule has 7 heteroatoms. The Balaban J connectivity index is 1.49. The van der Waals surface area contributed by atoms with Gasteiger partial charge in [-0.05, 0) is 49.8 Å². The van der Waals surface area contributed by atoms with Gasteiger partial charge in [-0.15, -0.1) is 0 Å². The predicted octanol–water partition coefficient (Wildman–Crippen LogP) is 2.88. The fourth-order valence-electron chi connectivity index (χ4n) is 3.12. The average Bonchev–Trinajstić information content (AvgIpc) is 3.34. The Morgan fingerprint density at radius 3 is 2.25 bits per heavy atom. The highest BCUT2D eigenvalue weighted by atomic mass is 35.5. The number of ether oxygens (including phenoxy) is 1. The largest absolute Gasteiger partial charge is 0.493 e. The molecule has 0 atom stereocenters. The summed E-state index contributed by atoms with van der Waals surface area (Å²) >= 11 is 11.9. The molecule has 24 heavy (non-hydrogen) atoms. The minimum Gasteiger partial charge on any atom is -0.493 e. The molecule has 1 heterocycles. The van der Waals surface area contributed by atoms with E-state index in [0.717, 1.165) is 12.8 Å². The SMILES string of the molecule is NC(=O)C1(C(=O)N2CCC(COc3cc(Cl)cc(Cl)c3)CC2)CC1. The van der Waals surface area contributed by atoms with E-state index in [4.69, 9.17) is 33.7 Å². The highest BCUT2D eigenvalue weighted by Gasteiger charge is 2.57. The van der Waals surface area contributed by atoms with Crippen molar-refractivity contribution < 1.29 is 14.3 Å². The number of halogens is 2. The van der Waals surface area contributed by atoms with E-state index in [0.29, 0.717) is 54.3 Å². The quantitative estimate of drug-likeness (QED) is 0.809.